The van der Waals surface area contributed by atoms with Crippen LogP contribution in [0.4, 0.5) is 0 Å². The maximum absolute atomic E-state index is 12.9. The minimum absolute atomic E-state index is 0.119. The first-order valence-corrected chi connectivity index (χ1v) is 10.3. The third-order valence-electron chi connectivity index (χ3n) is 5.07. The number of ether oxygens (including phenoxy) is 1. The number of nitrogens with zero attached hydrogens (tertiary/aromatic N) is 4. The maximum Gasteiger partial charge on any atom is 0.282 e. The molecule has 2 saturated heterocycles. The highest BCUT2D eigenvalue weighted by Crippen LogP contribution is 2.24. The summed E-state index contributed by atoms with van der Waals surface area (Å²) in [6.45, 7) is 2.36. The van der Waals surface area contributed by atoms with Crippen molar-refractivity contribution in [2.45, 2.75) is 18.9 Å². The average molecular weight is 378 g/mol. The largest absolute Gasteiger partial charge is 0.379 e. The van der Waals surface area contributed by atoms with Gasteiger partial charge >= 0.3 is 0 Å². The topological polar surface area (TPSA) is 84.7 Å². The number of hydrogen-bond acceptors (Lipinski definition) is 5. The first-order chi connectivity index (χ1) is 12.6. The van der Waals surface area contributed by atoms with Gasteiger partial charge in [0.05, 0.1) is 36.5 Å². The van der Waals surface area contributed by atoms with Crippen LogP contribution in [0.3, 0.4) is 0 Å². The molecule has 0 aliphatic carbocycles. The summed E-state index contributed by atoms with van der Waals surface area (Å²) in [6.07, 6.45) is 3.02. The number of rotatable bonds is 3. The molecule has 140 valence electrons. The second-order valence-corrected chi connectivity index (χ2v) is 8.58. The van der Waals surface area contributed by atoms with E-state index in [1.807, 2.05) is 12.1 Å². The number of para-hydroxylation sites is 1. The first kappa shape index (κ1) is 17.6. The van der Waals surface area contributed by atoms with E-state index in [4.69, 9.17) is 4.74 Å². The highest BCUT2D eigenvalue weighted by molar-refractivity contribution is 7.86. The van der Waals surface area contributed by atoms with Crippen molar-refractivity contribution in [3.8, 4) is 0 Å². The Kier molecular flexibility index (Phi) is 4.78. The summed E-state index contributed by atoms with van der Waals surface area (Å²) in [6, 6.07) is 7.01. The van der Waals surface area contributed by atoms with E-state index in [9.17, 15) is 13.2 Å². The lowest BCUT2D eigenvalue weighted by molar-refractivity contribution is 0.0691. The summed E-state index contributed by atoms with van der Waals surface area (Å²) >= 11 is 0. The van der Waals surface area contributed by atoms with Gasteiger partial charge in [0.2, 0.25) is 0 Å². The number of fused-ring (bicyclic) bond motifs is 1. The smallest absolute Gasteiger partial charge is 0.282 e. The van der Waals surface area contributed by atoms with Crippen LogP contribution < -0.4 is 5.56 Å². The van der Waals surface area contributed by atoms with E-state index in [1.54, 1.807) is 23.0 Å². The van der Waals surface area contributed by atoms with Gasteiger partial charge in [0.25, 0.3) is 15.8 Å². The molecule has 0 unspecified atom stereocenters. The molecule has 2 aliphatic heterocycles. The molecule has 8 nitrogen and oxygen atoms in total. The summed E-state index contributed by atoms with van der Waals surface area (Å²) < 4.78 is 35.6. The quantitative estimate of drug-likeness (QED) is 0.781. The van der Waals surface area contributed by atoms with Gasteiger partial charge in [-0.25, -0.2) is 4.98 Å². The molecule has 1 aromatic carbocycles. The monoisotopic (exact) mass is 378 g/mol. The minimum Gasteiger partial charge on any atom is -0.379 e. The van der Waals surface area contributed by atoms with Crippen LogP contribution in [0, 0.1) is 0 Å². The Morgan fingerprint density at radius 1 is 1.08 bits per heavy atom. The van der Waals surface area contributed by atoms with Gasteiger partial charge in [0, 0.05) is 26.2 Å². The van der Waals surface area contributed by atoms with Gasteiger partial charge in [-0.2, -0.15) is 17.0 Å². The lowest BCUT2D eigenvalue weighted by Gasteiger charge is -2.37. The Bertz CT molecular complexity index is 953. The average Bonchev–Trinajstić information content (AvgIpc) is 2.69. The number of morpholine rings is 1. The van der Waals surface area contributed by atoms with Gasteiger partial charge in [-0.1, -0.05) is 12.1 Å². The van der Waals surface area contributed by atoms with Gasteiger partial charge in [-0.3, -0.25) is 9.36 Å². The molecule has 0 radical (unpaired) electrons. The molecule has 1 atom stereocenters. The molecule has 0 spiro atoms. The molecule has 9 heteroatoms. The number of aromatic nitrogens is 2. The highest BCUT2D eigenvalue weighted by Gasteiger charge is 2.35. The Balaban J connectivity index is 1.61. The zero-order valence-corrected chi connectivity index (χ0v) is 15.3. The lowest BCUT2D eigenvalue weighted by atomic mass is 10.1. The highest BCUT2D eigenvalue weighted by atomic mass is 32.2. The molecular weight excluding hydrogens is 356 g/mol. The van der Waals surface area contributed by atoms with E-state index >= 15 is 0 Å². The fraction of sp³-hybridized carbons (Fsp3) is 0.529. The predicted octanol–water partition coefficient (Wildman–Crippen LogP) is 0.610. The van der Waals surface area contributed by atoms with E-state index in [1.165, 1.54) is 8.61 Å². The van der Waals surface area contributed by atoms with E-state index < -0.39 is 10.2 Å². The molecule has 2 aromatic rings. The molecule has 0 N–H and O–H groups in total. The van der Waals surface area contributed by atoms with Crippen molar-refractivity contribution >= 4 is 21.1 Å². The molecule has 2 aliphatic rings. The normalized spacial score (nSPS) is 23.3. The molecular formula is C17H22N4O4S. The molecule has 3 heterocycles. The fourth-order valence-corrected chi connectivity index (χ4v) is 5.30. The minimum atomic E-state index is -3.53. The van der Waals surface area contributed by atoms with Crippen molar-refractivity contribution in [3.05, 3.63) is 40.9 Å². The zero-order chi connectivity index (χ0) is 18.1. The molecule has 2 fully saturated rings. The zero-order valence-electron chi connectivity index (χ0n) is 14.5. The summed E-state index contributed by atoms with van der Waals surface area (Å²) in [5.41, 5.74) is 0.536. The number of piperidine rings is 1. The summed E-state index contributed by atoms with van der Waals surface area (Å²) in [5.74, 6) is 0. The number of benzene rings is 1. The molecule has 0 bridgehead atoms. The van der Waals surface area contributed by atoms with Gasteiger partial charge in [-0.15, -0.1) is 0 Å². The van der Waals surface area contributed by atoms with Crippen molar-refractivity contribution in [2.75, 3.05) is 39.4 Å². The van der Waals surface area contributed by atoms with Crippen LogP contribution in [-0.4, -0.2) is 66.0 Å². The maximum atomic E-state index is 12.9. The van der Waals surface area contributed by atoms with Crippen molar-refractivity contribution in [3.63, 3.8) is 0 Å². The van der Waals surface area contributed by atoms with E-state index in [2.05, 4.69) is 4.98 Å². The van der Waals surface area contributed by atoms with Crippen LogP contribution in [-0.2, 0) is 14.9 Å². The van der Waals surface area contributed by atoms with Crippen LogP contribution in [0.2, 0.25) is 0 Å². The van der Waals surface area contributed by atoms with Crippen LogP contribution in [0.5, 0.6) is 0 Å². The van der Waals surface area contributed by atoms with Crippen LogP contribution in [0.1, 0.15) is 18.9 Å². The number of hydrogen-bond donors (Lipinski definition) is 0. The lowest BCUT2D eigenvalue weighted by Crippen LogP contribution is -2.52. The molecule has 4 rings (SSSR count). The molecule has 0 saturated carbocycles. The van der Waals surface area contributed by atoms with Crippen LogP contribution in [0.15, 0.2) is 35.4 Å². The van der Waals surface area contributed by atoms with Gasteiger partial charge in [-0.05, 0) is 25.0 Å². The predicted molar refractivity (Wildman–Crippen MR) is 97.2 cm³/mol. The Hall–Kier alpha value is -1.81. The molecule has 0 amide bonds. The third-order valence-corrected chi connectivity index (χ3v) is 7.07. The van der Waals surface area contributed by atoms with Crippen LogP contribution >= 0.6 is 0 Å². The van der Waals surface area contributed by atoms with E-state index in [0.29, 0.717) is 56.7 Å². The summed E-state index contributed by atoms with van der Waals surface area (Å²) in [4.78, 5) is 17.2. The van der Waals surface area contributed by atoms with Crippen LogP contribution in [0.25, 0.3) is 10.9 Å². The van der Waals surface area contributed by atoms with Crippen molar-refractivity contribution < 1.29 is 13.2 Å². The summed E-state index contributed by atoms with van der Waals surface area (Å²) in [5, 5.41) is 0.558. The Morgan fingerprint density at radius 2 is 1.85 bits per heavy atom. The Morgan fingerprint density at radius 3 is 2.65 bits per heavy atom. The molecule has 26 heavy (non-hydrogen) atoms. The summed E-state index contributed by atoms with van der Waals surface area (Å²) in [7, 11) is -3.53. The second kappa shape index (κ2) is 7.07. The Labute approximate surface area is 152 Å². The van der Waals surface area contributed by atoms with Crippen molar-refractivity contribution in [1.29, 1.82) is 0 Å². The standard InChI is InChI=1S/C17H22N4O4S/c22-17-15-5-1-2-6-16(15)18-13-21(17)14-4-3-7-20(12-14)26(23,24)19-8-10-25-11-9-19/h1-2,5-6,13-14H,3-4,7-12H2/t14-/m0/s1. The van der Waals surface area contributed by atoms with E-state index in [-0.39, 0.29) is 11.6 Å². The van der Waals surface area contributed by atoms with Crippen molar-refractivity contribution in [1.82, 2.24) is 18.2 Å². The second-order valence-electron chi connectivity index (χ2n) is 6.65. The van der Waals surface area contributed by atoms with Gasteiger partial charge in [0.1, 0.15) is 0 Å². The SMILES string of the molecule is O=c1c2ccccc2ncn1[C@H]1CCCN(S(=O)(=O)N2CCOCC2)C1. The first-order valence-electron chi connectivity index (χ1n) is 8.86. The van der Waals surface area contributed by atoms with Gasteiger partial charge < -0.3 is 4.74 Å². The fourth-order valence-electron chi connectivity index (χ4n) is 3.64. The van der Waals surface area contributed by atoms with Crippen molar-refractivity contribution in [2.24, 2.45) is 0 Å². The molecule has 1 aromatic heterocycles. The van der Waals surface area contributed by atoms with Gasteiger partial charge in [0.15, 0.2) is 0 Å². The third kappa shape index (κ3) is 3.16. The van der Waals surface area contributed by atoms with E-state index in [0.717, 1.165) is 6.42 Å².